The molecule has 1 unspecified atom stereocenters. The van der Waals surface area contributed by atoms with Gasteiger partial charge in [0.2, 0.25) is 0 Å². The topological polar surface area (TPSA) is 32.3 Å². The summed E-state index contributed by atoms with van der Waals surface area (Å²) < 4.78 is 27.9. The van der Waals surface area contributed by atoms with E-state index < -0.39 is 11.6 Å². The maximum atomic E-state index is 14.0. The van der Waals surface area contributed by atoms with Gasteiger partial charge in [-0.2, -0.15) is 0 Å². The molecule has 1 aliphatic carbocycles. The number of aromatic nitrogens is 2. The van der Waals surface area contributed by atoms with Crippen LogP contribution in [0.5, 0.6) is 0 Å². The molecule has 1 atom stereocenters. The number of hydrogen-bond donors (Lipinski definition) is 0. The summed E-state index contributed by atoms with van der Waals surface area (Å²) in [6.45, 7) is 1.93. The summed E-state index contributed by atoms with van der Waals surface area (Å²) in [4.78, 5) is 13.4. The van der Waals surface area contributed by atoms with Crippen LogP contribution in [0.2, 0.25) is 0 Å². The maximum Gasteiger partial charge on any atom is 0.133 e. The molecule has 138 valence electrons. The van der Waals surface area contributed by atoms with E-state index in [1.54, 1.807) is 0 Å². The molecular weight excluding hydrogens is 334 g/mol. The standard InChI is InChI=1S/C20H24F2N4/c1-25(19-9-10-23-20(24-19)14-7-8-14)15-4-3-11-26(12-15)13-16-17(21)5-2-6-18(16)22/h2,5-6,9-10,14-15H,3-4,7-8,11-13H2,1H3. The fourth-order valence-corrected chi connectivity index (χ4v) is 3.68. The van der Waals surface area contributed by atoms with Crippen molar-refractivity contribution in [3.8, 4) is 0 Å². The Morgan fingerprint density at radius 1 is 1.15 bits per heavy atom. The summed E-state index contributed by atoms with van der Waals surface area (Å²) in [6, 6.07) is 6.29. The smallest absolute Gasteiger partial charge is 0.133 e. The molecule has 0 radical (unpaired) electrons. The van der Waals surface area contributed by atoms with Crippen LogP contribution in [-0.2, 0) is 6.54 Å². The van der Waals surface area contributed by atoms with Crippen LogP contribution in [0.15, 0.2) is 30.5 Å². The zero-order valence-corrected chi connectivity index (χ0v) is 15.0. The van der Waals surface area contributed by atoms with Crippen LogP contribution in [0.25, 0.3) is 0 Å². The lowest BCUT2D eigenvalue weighted by atomic mass is 10.0. The van der Waals surface area contributed by atoms with E-state index in [4.69, 9.17) is 4.98 Å². The predicted molar refractivity (Wildman–Crippen MR) is 97.1 cm³/mol. The summed E-state index contributed by atoms with van der Waals surface area (Å²) in [5.41, 5.74) is 0.161. The maximum absolute atomic E-state index is 14.0. The average Bonchev–Trinajstić information content (AvgIpc) is 3.50. The second-order valence-electron chi connectivity index (χ2n) is 7.39. The summed E-state index contributed by atoms with van der Waals surface area (Å²) >= 11 is 0. The van der Waals surface area contributed by atoms with E-state index >= 15 is 0 Å². The van der Waals surface area contributed by atoms with E-state index in [2.05, 4.69) is 21.8 Å². The van der Waals surface area contributed by atoms with Crippen molar-refractivity contribution in [1.29, 1.82) is 0 Å². The molecule has 6 heteroatoms. The van der Waals surface area contributed by atoms with Crippen molar-refractivity contribution in [2.75, 3.05) is 25.0 Å². The minimum Gasteiger partial charge on any atom is -0.355 e. The van der Waals surface area contributed by atoms with Gasteiger partial charge in [0.25, 0.3) is 0 Å². The van der Waals surface area contributed by atoms with Crippen molar-refractivity contribution < 1.29 is 8.78 Å². The lowest BCUT2D eigenvalue weighted by Crippen LogP contribution is -2.46. The summed E-state index contributed by atoms with van der Waals surface area (Å²) in [5, 5.41) is 0. The third kappa shape index (κ3) is 3.70. The first-order valence-electron chi connectivity index (χ1n) is 9.33. The first kappa shape index (κ1) is 17.3. The lowest BCUT2D eigenvalue weighted by Gasteiger charge is -2.38. The highest BCUT2D eigenvalue weighted by atomic mass is 19.1. The van der Waals surface area contributed by atoms with E-state index in [1.807, 2.05) is 12.3 Å². The molecule has 2 aromatic rings. The first-order valence-corrected chi connectivity index (χ1v) is 9.33. The van der Waals surface area contributed by atoms with Crippen LogP contribution in [-0.4, -0.2) is 41.0 Å². The first-order chi connectivity index (χ1) is 12.6. The number of benzene rings is 1. The van der Waals surface area contributed by atoms with Gasteiger partial charge in [-0.05, 0) is 50.4 Å². The molecule has 1 aromatic heterocycles. The van der Waals surface area contributed by atoms with Crippen molar-refractivity contribution in [3.05, 3.63) is 53.5 Å². The Balaban J connectivity index is 1.45. The number of nitrogens with zero attached hydrogens (tertiary/aromatic N) is 4. The number of likely N-dealkylation sites (N-methyl/N-ethyl adjacent to an activating group) is 1. The summed E-state index contributed by atoms with van der Waals surface area (Å²) in [7, 11) is 2.05. The second-order valence-corrected chi connectivity index (χ2v) is 7.39. The quantitative estimate of drug-likeness (QED) is 0.815. The number of halogens is 2. The van der Waals surface area contributed by atoms with Gasteiger partial charge in [-0.3, -0.25) is 4.90 Å². The molecule has 2 fully saturated rings. The minimum atomic E-state index is -0.467. The van der Waals surface area contributed by atoms with Gasteiger partial charge in [-0.15, -0.1) is 0 Å². The fraction of sp³-hybridized carbons (Fsp3) is 0.500. The number of rotatable bonds is 5. The van der Waals surface area contributed by atoms with Gasteiger partial charge in [0.05, 0.1) is 0 Å². The molecule has 0 N–H and O–H groups in total. The van der Waals surface area contributed by atoms with E-state index in [-0.39, 0.29) is 11.6 Å². The van der Waals surface area contributed by atoms with Crippen LogP contribution in [0.3, 0.4) is 0 Å². The molecule has 26 heavy (non-hydrogen) atoms. The molecule has 0 spiro atoms. The Bertz CT molecular complexity index is 758. The van der Waals surface area contributed by atoms with Crippen molar-refractivity contribution in [2.24, 2.45) is 0 Å². The van der Waals surface area contributed by atoms with Crippen LogP contribution in [0.4, 0.5) is 14.6 Å². The molecule has 4 rings (SSSR count). The minimum absolute atomic E-state index is 0.161. The molecule has 2 heterocycles. The Morgan fingerprint density at radius 2 is 1.92 bits per heavy atom. The number of anilines is 1. The zero-order chi connectivity index (χ0) is 18.1. The molecule has 0 amide bonds. The van der Waals surface area contributed by atoms with Crippen LogP contribution >= 0.6 is 0 Å². The molecule has 1 aromatic carbocycles. The highest BCUT2D eigenvalue weighted by molar-refractivity contribution is 5.38. The summed E-state index contributed by atoms with van der Waals surface area (Å²) in [5.74, 6) is 1.47. The number of hydrogen-bond acceptors (Lipinski definition) is 4. The number of likely N-dealkylation sites (tertiary alicyclic amines) is 1. The van der Waals surface area contributed by atoms with E-state index in [0.29, 0.717) is 12.5 Å². The largest absolute Gasteiger partial charge is 0.355 e. The van der Waals surface area contributed by atoms with E-state index in [0.717, 1.165) is 37.6 Å². The molecule has 1 saturated heterocycles. The Kier molecular flexibility index (Phi) is 4.85. The van der Waals surface area contributed by atoms with Gasteiger partial charge in [0.1, 0.15) is 23.3 Å². The van der Waals surface area contributed by atoms with Gasteiger partial charge in [0, 0.05) is 43.9 Å². The second kappa shape index (κ2) is 7.27. The molecular formula is C20H24F2N4. The van der Waals surface area contributed by atoms with Crippen molar-refractivity contribution >= 4 is 5.82 Å². The molecule has 4 nitrogen and oxygen atoms in total. The van der Waals surface area contributed by atoms with Gasteiger partial charge < -0.3 is 4.90 Å². The van der Waals surface area contributed by atoms with Crippen LogP contribution < -0.4 is 4.90 Å². The number of piperidine rings is 1. The SMILES string of the molecule is CN(c1ccnc(C2CC2)n1)C1CCCN(Cc2c(F)cccc2F)C1. The average molecular weight is 358 g/mol. The Labute approximate surface area is 152 Å². The van der Waals surface area contributed by atoms with Crippen molar-refractivity contribution in [1.82, 2.24) is 14.9 Å². The zero-order valence-electron chi connectivity index (χ0n) is 15.0. The molecule has 1 saturated carbocycles. The fourth-order valence-electron chi connectivity index (χ4n) is 3.68. The highest BCUT2D eigenvalue weighted by Gasteiger charge is 2.29. The van der Waals surface area contributed by atoms with Gasteiger partial charge in [-0.25, -0.2) is 18.7 Å². The molecule has 0 bridgehead atoms. The normalized spacial score (nSPS) is 21.0. The van der Waals surface area contributed by atoms with E-state index in [1.165, 1.54) is 31.0 Å². The highest BCUT2D eigenvalue weighted by Crippen LogP contribution is 2.38. The van der Waals surface area contributed by atoms with Crippen molar-refractivity contribution in [3.63, 3.8) is 0 Å². The Morgan fingerprint density at radius 3 is 2.65 bits per heavy atom. The molecule has 2 aliphatic rings. The van der Waals surface area contributed by atoms with Crippen LogP contribution in [0.1, 0.15) is 43.0 Å². The monoisotopic (exact) mass is 358 g/mol. The van der Waals surface area contributed by atoms with Crippen LogP contribution in [0, 0.1) is 11.6 Å². The van der Waals surface area contributed by atoms with E-state index in [9.17, 15) is 8.78 Å². The predicted octanol–water partition coefficient (Wildman–Crippen LogP) is 3.73. The van der Waals surface area contributed by atoms with Gasteiger partial charge >= 0.3 is 0 Å². The third-order valence-corrected chi connectivity index (χ3v) is 5.44. The Hall–Kier alpha value is -2.08. The lowest BCUT2D eigenvalue weighted by molar-refractivity contribution is 0.194. The molecule has 1 aliphatic heterocycles. The van der Waals surface area contributed by atoms with Gasteiger partial charge in [0.15, 0.2) is 0 Å². The third-order valence-electron chi connectivity index (χ3n) is 5.44. The van der Waals surface area contributed by atoms with Gasteiger partial charge in [-0.1, -0.05) is 6.07 Å². The summed E-state index contributed by atoms with van der Waals surface area (Å²) in [6.07, 6.45) is 6.25. The van der Waals surface area contributed by atoms with Crippen molar-refractivity contribution in [2.45, 2.75) is 44.2 Å².